The predicted molar refractivity (Wildman–Crippen MR) is 152 cm³/mol. The zero-order valence-electron chi connectivity index (χ0n) is 22.6. The number of fused-ring (bicyclic) bond motifs is 2. The Morgan fingerprint density at radius 2 is 1.63 bits per heavy atom. The van der Waals surface area contributed by atoms with Crippen LogP contribution in [0.15, 0.2) is 97.1 Å². The normalized spacial score (nSPS) is 19.0. The molecule has 0 aromatic heterocycles. The third-order valence-corrected chi connectivity index (χ3v) is 7.85. The summed E-state index contributed by atoms with van der Waals surface area (Å²) >= 11 is 0. The summed E-state index contributed by atoms with van der Waals surface area (Å²) in [4.78, 5) is 44.1. The summed E-state index contributed by atoms with van der Waals surface area (Å²) in [5, 5.41) is 8.11. The van der Waals surface area contributed by atoms with Gasteiger partial charge in [0.2, 0.25) is 5.91 Å². The number of nitrogens with zero attached hydrogens (tertiary/aromatic N) is 4. The van der Waals surface area contributed by atoms with Crippen molar-refractivity contribution < 1.29 is 18.8 Å². The van der Waals surface area contributed by atoms with E-state index < -0.39 is 18.2 Å². The summed E-state index contributed by atoms with van der Waals surface area (Å²) in [6.45, 7) is 0.783. The minimum atomic E-state index is -0.807. The van der Waals surface area contributed by atoms with Crippen molar-refractivity contribution in [3.63, 3.8) is 0 Å². The molecule has 0 spiro atoms. The van der Waals surface area contributed by atoms with E-state index in [2.05, 4.69) is 5.32 Å². The van der Waals surface area contributed by atoms with E-state index in [1.807, 2.05) is 72.8 Å². The van der Waals surface area contributed by atoms with Gasteiger partial charge in [0.15, 0.2) is 0 Å². The van der Waals surface area contributed by atoms with Gasteiger partial charge in [0.05, 0.1) is 13.1 Å². The fourth-order valence-electron chi connectivity index (χ4n) is 5.75. The highest BCUT2D eigenvalue weighted by Crippen LogP contribution is 2.36. The van der Waals surface area contributed by atoms with Crippen LogP contribution in [0.1, 0.15) is 22.7 Å². The number of carbonyl (C=O) groups excluding carboxylic acids is 3. The lowest BCUT2D eigenvalue weighted by atomic mass is 9.99. The van der Waals surface area contributed by atoms with Crippen LogP contribution < -0.4 is 5.32 Å². The highest BCUT2D eigenvalue weighted by molar-refractivity contribution is 5.93. The molecule has 6 rings (SSSR count). The minimum Gasteiger partial charge on any atom is -0.333 e. The summed E-state index contributed by atoms with van der Waals surface area (Å²) in [5.41, 5.74) is 2.49. The minimum absolute atomic E-state index is 0.0378. The molecular formula is C32H30FN5O3. The number of hydrazine groups is 1. The van der Waals surface area contributed by atoms with Crippen molar-refractivity contribution in [1.82, 2.24) is 25.1 Å². The third-order valence-electron chi connectivity index (χ3n) is 7.85. The smallest absolute Gasteiger partial charge is 0.332 e. The molecule has 4 amide bonds. The maximum Gasteiger partial charge on any atom is 0.332 e. The molecule has 2 atom stereocenters. The number of halogens is 1. The van der Waals surface area contributed by atoms with Crippen molar-refractivity contribution >= 4 is 28.6 Å². The monoisotopic (exact) mass is 551 g/mol. The van der Waals surface area contributed by atoms with Gasteiger partial charge in [0.1, 0.15) is 18.0 Å². The second-order valence-electron chi connectivity index (χ2n) is 10.4. The summed E-state index contributed by atoms with van der Waals surface area (Å²) in [7, 11) is 1.61. The standard InChI is InChI=1S/C32H30FN5O3/c1-35(32(41)34-18-22-14-16-26(33)17-15-22)37-21-29(39)38-28(37)20-36(31(40)30(38)24-9-3-2-4-10-24)19-25-12-7-11-23-8-5-6-13-27(23)25/h2-17,28,30H,18-21H2,1H3,(H,34,41)/t28-,30+/m1/s1. The second-order valence-corrected chi connectivity index (χ2v) is 10.4. The van der Waals surface area contributed by atoms with Crippen LogP contribution in [-0.2, 0) is 22.7 Å². The molecule has 0 aliphatic carbocycles. The van der Waals surface area contributed by atoms with Crippen molar-refractivity contribution in [1.29, 1.82) is 0 Å². The maximum atomic E-state index is 14.0. The van der Waals surface area contributed by atoms with E-state index in [1.54, 1.807) is 34.0 Å². The first kappa shape index (κ1) is 26.5. The summed E-state index contributed by atoms with van der Waals surface area (Å²) < 4.78 is 13.3. The number of hydrogen-bond acceptors (Lipinski definition) is 4. The van der Waals surface area contributed by atoms with E-state index in [9.17, 15) is 18.8 Å². The van der Waals surface area contributed by atoms with Crippen molar-refractivity contribution in [2.45, 2.75) is 25.3 Å². The average molecular weight is 552 g/mol. The lowest BCUT2D eigenvalue weighted by molar-refractivity contribution is -0.157. The van der Waals surface area contributed by atoms with Gasteiger partial charge in [-0.3, -0.25) is 14.6 Å². The van der Waals surface area contributed by atoms with Crippen LogP contribution in [0, 0.1) is 5.82 Å². The lowest BCUT2D eigenvalue weighted by Crippen LogP contribution is -2.62. The van der Waals surface area contributed by atoms with E-state index in [0.717, 1.165) is 27.5 Å². The Labute approximate surface area is 237 Å². The number of carbonyl (C=O) groups is 3. The number of piperazine rings is 1. The quantitative estimate of drug-likeness (QED) is 0.388. The molecule has 2 heterocycles. The molecule has 0 radical (unpaired) electrons. The first-order valence-corrected chi connectivity index (χ1v) is 13.5. The average Bonchev–Trinajstić information content (AvgIpc) is 3.32. The van der Waals surface area contributed by atoms with Gasteiger partial charge in [-0.2, -0.15) is 5.01 Å². The molecule has 2 saturated heterocycles. The van der Waals surface area contributed by atoms with Crippen LogP contribution >= 0.6 is 0 Å². The topological polar surface area (TPSA) is 76.2 Å². The zero-order valence-corrected chi connectivity index (χ0v) is 22.6. The summed E-state index contributed by atoms with van der Waals surface area (Å²) in [6.07, 6.45) is -0.540. The Bertz CT molecular complexity index is 1590. The molecule has 1 N–H and O–H groups in total. The van der Waals surface area contributed by atoms with Crippen molar-refractivity contribution in [2.75, 3.05) is 20.1 Å². The summed E-state index contributed by atoms with van der Waals surface area (Å²) in [6, 6.07) is 28.1. The van der Waals surface area contributed by atoms with Gasteiger partial charge in [0.25, 0.3) is 5.91 Å². The molecule has 41 heavy (non-hydrogen) atoms. The molecule has 208 valence electrons. The van der Waals surface area contributed by atoms with E-state index in [4.69, 9.17) is 0 Å². The molecule has 2 aliphatic rings. The molecule has 8 nitrogen and oxygen atoms in total. The fraction of sp³-hybridized carbons (Fsp3) is 0.219. The molecule has 4 aromatic rings. The highest BCUT2D eigenvalue weighted by Gasteiger charge is 2.52. The van der Waals surface area contributed by atoms with Crippen molar-refractivity contribution in [3.05, 3.63) is 120 Å². The van der Waals surface area contributed by atoms with Gasteiger partial charge in [-0.25, -0.2) is 9.18 Å². The molecule has 0 unspecified atom stereocenters. The Kier molecular flexibility index (Phi) is 7.11. The molecule has 0 saturated carbocycles. The Morgan fingerprint density at radius 3 is 2.41 bits per heavy atom. The molecule has 0 bridgehead atoms. The maximum absolute atomic E-state index is 14.0. The van der Waals surface area contributed by atoms with Gasteiger partial charge >= 0.3 is 6.03 Å². The van der Waals surface area contributed by atoms with E-state index in [-0.39, 0.29) is 37.3 Å². The van der Waals surface area contributed by atoms with Crippen LogP contribution in [0.25, 0.3) is 10.8 Å². The van der Waals surface area contributed by atoms with Crippen molar-refractivity contribution in [3.8, 4) is 0 Å². The molecule has 2 aliphatic heterocycles. The largest absolute Gasteiger partial charge is 0.333 e. The van der Waals surface area contributed by atoms with Crippen molar-refractivity contribution in [2.24, 2.45) is 0 Å². The van der Waals surface area contributed by atoms with Gasteiger partial charge in [0, 0.05) is 20.1 Å². The lowest BCUT2D eigenvalue weighted by Gasteiger charge is -2.46. The highest BCUT2D eigenvalue weighted by atomic mass is 19.1. The SMILES string of the molecule is CN(C(=O)NCc1ccc(F)cc1)N1CC(=O)N2[C@@H](c3ccccc3)C(=O)N(Cc3cccc4ccccc34)C[C@@H]21. The molecular weight excluding hydrogens is 521 g/mol. The van der Waals surface area contributed by atoms with Gasteiger partial charge in [-0.15, -0.1) is 0 Å². The van der Waals surface area contributed by atoms with Gasteiger partial charge in [-0.05, 0) is 39.6 Å². The second kappa shape index (κ2) is 11.0. The number of benzene rings is 4. The van der Waals surface area contributed by atoms with Crippen LogP contribution in [0.4, 0.5) is 9.18 Å². The Morgan fingerprint density at radius 1 is 0.927 bits per heavy atom. The van der Waals surface area contributed by atoms with Gasteiger partial charge < -0.3 is 15.1 Å². The summed E-state index contributed by atoms with van der Waals surface area (Å²) in [5.74, 6) is -0.722. The van der Waals surface area contributed by atoms with E-state index >= 15 is 0 Å². The first-order chi connectivity index (χ1) is 19.9. The molecule has 9 heteroatoms. The third kappa shape index (κ3) is 5.12. The number of rotatable bonds is 6. The van der Waals surface area contributed by atoms with E-state index in [0.29, 0.717) is 6.54 Å². The number of nitrogens with one attached hydrogen (secondary N) is 1. The predicted octanol–water partition coefficient (Wildman–Crippen LogP) is 4.29. The first-order valence-electron chi connectivity index (χ1n) is 13.5. The Balaban J connectivity index is 1.29. The van der Waals surface area contributed by atoms with Crippen LogP contribution in [0.2, 0.25) is 0 Å². The van der Waals surface area contributed by atoms with Crippen LogP contribution in [0.3, 0.4) is 0 Å². The molecule has 4 aromatic carbocycles. The molecule has 2 fully saturated rings. The van der Waals surface area contributed by atoms with Crippen LogP contribution in [-0.4, -0.2) is 64.0 Å². The zero-order chi connectivity index (χ0) is 28.5. The number of urea groups is 1. The number of hydrogen-bond donors (Lipinski definition) is 1. The number of amides is 4. The van der Waals surface area contributed by atoms with Gasteiger partial charge in [-0.1, -0.05) is 84.9 Å². The fourth-order valence-corrected chi connectivity index (χ4v) is 5.75. The van der Waals surface area contributed by atoms with Crippen LogP contribution in [0.5, 0.6) is 0 Å². The Hall–Kier alpha value is -4.76. The van der Waals surface area contributed by atoms with E-state index in [1.165, 1.54) is 17.1 Å².